The number of hydrogen-bond acceptors (Lipinski definition) is 3. The van der Waals surface area contributed by atoms with Crippen LogP contribution in [-0.4, -0.2) is 31.1 Å². The monoisotopic (exact) mass is 899 g/mol. The Bertz CT molecular complexity index is 1860. The molecule has 0 N–H and O–H groups in total. The van der Waals surface area contributed by atoms with Crippen molar-refractivity contribution in [2.75, 3.05) is 14.1 Å². The standard InChI is InChI=1S/2C18H15P.C12H15N2O.C5H10.Ru/c2*1-4-10-16(11-5-1)19(17-12-6-2-7-13-17)18-14-8-3-9-15-18;1-12(14(2)3)11(13-9-15-12)10-7-5-4-6-8-10;1-2-4-5-3-1;/h2*1-15H;4-8,11H,1-3H3;1-5H2;/q;;-1;;+2. The molecule has 0 saturated heterocycles. The van der Waals surface area contributed by atoms with Gasteiger partial charge in [-0.05, 0) is 74.3 Å². The van der Waals surface area contributed by atoms with Crippen molar-refractivity contribution in [1.82, 2.24) is 4.90 Å². The third kappa shape index (κ3) is 13.2. The minimum absolute atomic E-state index is 0. The van der Waals surface area contributed by atoms with Gasteiger partial charge in [0.15, 0.2) is 0 Å². The van der Waals surface area contributed by atoms with Crippen LogP contribution < -0.4 is 31.8 Å². The molecule has 9 rings (SSSR count). The fourth-order valence-electron chi connectivity index (χ4n) is 6.94. The molecule has 7 aromatic carbocycles. The van der Waals surface area contributed by atoms with Crippen molar-refractivity contribution in [1.29, 1.82) is 0 Å². The number of aliphatic imine (C=N–C) groups is 1. The SMILES string of the molecule is C1CCCC1.CN(C)C1(C)O[C-]=NC1c1ccccc1.[Ru+2].c1ccc(P(c2ccccc2)c2ccccc2)cc1.c1ccc(P(c2ccccc2)c2ccccc2)cc1. The van der Waals surface area contributed by atoms with Crippen LogP contribution in [0.4, 0.5) is 0 Å². The average molecular weight is 899 g/mol. The Morgan fingerprint density at radius 3 is 0.915 bits per heavy atom. The van der Waals surface area contributed by atoms with E-state index in [2.05, 4.69) is 206 Å². The van der Waals surface area contributed by atoms with Crippen molar-refractivity contribution in [2.45, 2.75) is 50.8 Å². The van der Waals surface area contributed by atoms with Gasteiger partial charge in [0.25, 0.3) is 0 Å². The van der Waals surface area contributed by atoms with Crippen molar-refractivity contribution in [3.8, 4) is 0 Å². The van der Waals surface area contributed by atoms with Crippen LogP contribution in [-0.2, 0) is 24.2 Å². The molecule has 6 heteroatoms. The molecule has 0 aromatic heterocycles. The van der Waals surface area contributed by atoms with Crippen LogP contribution >= 0.6 is 15.8 Å². The molecule has 3 nitrogen and oxygen atoms in total. The minimum atomic E-state index is -0.446. The molecule has 1 aliphatic heterocycles. The molecule has 1 aliphatic carbocycles. The normalized spacial score (nSPS) is 16.3. The first-order chi connectivity index (χ1) is 28.5. The van der Waals surface area contributed by atoms with E-state index < -0.39 is 21.6 Å². The molecule has 0 spiro atoms. The van der Waals surface area contributed by atoms with E-state index in [0.29, 0.717) is 0 Å². The molecule has 0 amide bonds. The first-order valence-electron chi connectivity index (χ1n) is 20.3. The van der Waals surface area contributed by atoms with Crippen LogP contribution in [0.5, 0.6) is 0 Å². The van der Waals surface area contributed by atoms with Gasteiger partial charge in [0, 0.05) is 0 Å². The number of ether oxygens (including phenoxy) is 1. The third-order valence-corrected chi connectivity index (χ3v) is 15.2. The first-order valence-corrected chi connectivity index (χ1v) is 23.0. The van der Waals surface area contributed by atoms with Gasteiger partial charge in [0.1, 0.15) is 5.72 Å². The molecule has 2 atom stereocenters. The molecule has 7 aromatic rings. The summed E-state index contributed by atoms with van der Waals surface area (Å²) >= 11 is 0. The zero-order valence-corrected chi connectivity index (χ0v) is 37.9. The minimum Gasteiger partial charge on any atom is -0.659 e. The topological polar surface area (TPSA) is 24.8 Å². The zero-order valence-electron chi connectivity index (χ0n) is 34.4. The molecule has 0 radical (unpaired) electrons. The smallest absolute Gasteiger partial charge is 0.659 e. The van der Waals surface area contributed by atoms with Gasteiger partial charge in [0.05, 0.1) is 6.04 Å². The van der Waals surface area contributed by atoms with Crippen LogP contribution in [0.3, 0.4) is 0 Å². The Morgan fingerprint density at radius 2 is 0.678 bits per heavy atom. The molecule has 1 saturated carbocycles. The second-order valence-corrected chi connectivity index (χ2v) is 19.0. The molecular weight excluding hydrogens is 844 g/mol. The maximum absolute atomic E-state index is 5.48. The first kappa shape index (κ1) is 45.5. The van der Waals surface area contributed by atoms with Crippen molar-refractivity contribution in [2.24, 2.45) is 4.99 Å². The summed E-state index contributed by atoms with van der Waals surface area (Å²) in [6.07, 6.45) is 10.1. The van der Waals surface area contributed by atoms with Gasteiger partial charge in [-0.2, -0.15) is 0 Å². The quantitative estimate of drug-likeness (QED) is 0.0863. The maximum atomic E-state index is 5.48. The number of hydrogen-bond donors (Lipinski definition) is 0. The van der Waals surface area contributed by atoms with Crippen LogP contribution in [0.25, 0.3) is 0 Å². The van der Waals surface area contributed by atoms with Crippen molar-refractivity contribution in [3.05, 3.63) is 218 Å². The van der Waals surface area contributed by atoms with Crippen LogP contribution in [0.15, 0.2) is 217 Å². The molecule has 2 unspecified atom stereocenters. The largest absolute Gasteiger partial charge is 2.00 e. The Labute approximate surface area is 368 Å². The Hall–Kier alpha value is -4.55. The second-order valence-electron chi connectivity index (χ2n) is 14.5. The van der Waals surface area contributed by atoms with E-state index in [9.17, 15) is 0 Å². The van der Waals surface area contributed by atoms with E-state index >= 15 is 0 Å². The van der Waals surface area contributed by atoms with E-state index in [1.165, 1.54) is 63.9 Å². The third-order valence-electron chi connectivity index (χ3n) is 10.3. The van der Waals surface area contributed by atoms with Crippen LogP contribution in [0.2, 0.25) is 0 Å². The molecule has 0 bridgehead atoms. The Kier molecular flexibility index (Phi) is 18.9. The summed E-state index contributed by atoms with van der Waals surface area (Å²) in [5, 5.41) is 8.39. The van der Waals surface area contributed by atoms with Crippen molar-refractivity contribution < 1.29 is 24.2 Å². The number of nitrogens with zero attached hydrogens (tertiary/aromatic N) is 2. The van der Waals surface area contributed by atoms with Gasteiger partial charge < -0.3 is 9.73 Å². The fourth-order valence-corrected chi connectivity index (χ4v) is 11.6. The van der Waals surface area contributed by atoms with Crippen LogP contribution in [0.1, 0.15) is 50.6 Å². The molecule has 2 aliphatic rings. The van der Waals surface area contributed by atoms with E-state index in [-0.39, 0.29) is 25.5 Å². The second kappa shape index (κ2) is 24.5. The summed E-state index contributed by atoms with van der Waals surface area (Å²) in [7, 11) is 3.08. The number of likely N-dealkylation sites (N-methyl/N-ethyl adjacent to an activating group) is 1. The van der Waals surface area contributed by atoms with Gasteiger partial charge >= 0.3 is 19.5 Å². The summed E-state index contributed by atoms with van der Waals surface area (Å²) < 4.78 is 5.48. The van der Waals surface area contributed by atoms with Gasteiger partial charge in [-0.15, -0.1) is 0 Å². The van der Waals surface area contributed by atoms with E-state index in [1.54, 1.807) is 0 Å². The van der Waals surface area contributed by atoms with Gasteiger partial charge in [-0.1, -0.05) is 244 Å². The molecule has 59 heavy (non-hydrogen) atoms. The van der Waals surface area contributed by atoms with E-state index in [1.807, 2.05) is 44.1 Å². The fraction of sp³-hybridized carbons (Fsp3) is 0.189. The molecule has 1 heterocycles. The van der Waals surface area contributed by atoms with Crippen molar-refractivity contribution >= 4 is 54.1 Å². The predicted octanol–water partition coefficient (Wildman–Crippen LogP) is 10.8. The summed E-state index contributed by atoms with van der Waals surface area (Å²) in [6, 6.07) is 74.8. The van der Waals surface area contributed by atoms with Gasteiger partial charge in [-0.3, -0.25) is 4.90 Å². The van der Waals surface area contributed by atoms with E-state index in [4.69, 9.17) is 4.74 Å². The van der Waals surface area contributed by atoms with Gasteiger partial charge in [-0.25, -0.2) is 6.40 Å². The number of benzene rings is 7. The summed E-state index contributed by atoms with van der Waals surface area (Å²) in [6.45, 7) is 2.02. The predicted molar refractivity (Wildman–Crippen MR) is 253 cm³/mol. The summed E-state index contributed by atoms with van der Waals surface area (Å²) in [4.78, 5) is 6.29. The number of rotatable bonds is 8. The average Bonchev–Trinajstić information content (AvgIpc) is 4.02. The van der Waals surface area contributed by atoms with Gasteiger partial charge in [0.2, 0.25) is 0 Å². The summed E-state index contributed by atoms with van der Waals surface area (Å²) in [5.74, 6) is 0. The van der Waals surface area contributed by atoms with Crippen molar-refractivity contribution in [3.63, 3.8) is 0 Å². The summed E-state index contributed by atoms with van der Waals surface area (Å²) in [5.41, 5.74) is 0.722. The molecule has 1 fully saturated rings. The Balaban J connectivity index is 0.000000158. The molecular formula is C53H55N2OP2Ru+. The Morgan fingerprint density at radius 1 is 0.441 bits per heavy atom. The zero-order chi connectivity index (χ0) is 40.3. The maximum Gasteiger partial charge on any atom is 2.00 e. The van der Waals surface area contributed by atoms with E-state index in [0.717, 1.165) is 5.56 Å². The van der Waals surface area contributed by atoms with Crippen LogP contribution in [0, 0.1) is 0 Å². The molecule has 300 valence electrons.